The van der Waals surface area contributed by atoms with E-state index in [-0.39, 0.29) is 11.8 Å². The Labute approximate surface area is 161 Å². The Morgan fingerprint density at radius 2 is 0.962 bits per heavy atom. The minimum Gasteiger partial charge on any atom is -0.377 e. The second-order valence-electron chi connectivity index (χ2n) is 5.67. The highest BCUT2D eigenvalue weighted by atomic mass is 32.2. The molecular formula is C14H28N2O8S2. The number of thioether (sulfide) groups is 2. The lowest BCUT2D eigenvalue weighted by Gasteiger charge is -2.14. The Morgan fingerprint density at radius 3 is 1.08 bits per heavy atom. The number of carbonyl (C=O) groups excluding carboxylic acids is 2. The van der Waals surface area contributed by atoms with Gasteiger partial charge in [0.2, 0.25) is 11.8 Å². The molecule has 26 heavy (non-hydrogen) atoms. The molecule has 0 radical (unpaired) electrons. The van der Waals surface area contributed by atoms with Crippen LogP contribution in [0.2, 0.25) is 0 Å². The molecule has 0 aromatic carbocycles. The first-order chi connectivity index (χ1) is 11.9. The van der Waals surface area contributed by atoms with Gasteiger partial charge in [-0.15, -0.1) is 0 Å². The van der Waals surface area contributed by atoms with Crippen molar-refractivity contribution in [2.75, 3.05) is 28.2 Å². The van der Waals surface area contributed by atoms with Gasteiger partial charge in [-0.2, -0.15) is 0 Å². The molecule has 12 heteroatoms. The van der Waals surface area contributed by atoms with Crippen molar-refractivity contribution < 1.29 is 39.5 Å². The molecule has 0 bridgehead atoms. The molecule has 2 rings (SSSR count). The fraction of sp³-hybridized carbons (Fsp3) is 0.857. The van der Waals surface area contributed by atoms with Crippen LogP contribution >= 0.6 is 23.5 Å². The second kappa shape index (κ2) is 12.0. The van der Waals surface area contributed by atoms with Crippen LogP contribution in [0.1, 0.15) is 13.8 Å². The summed E-state index contributed by atoms with van der Waals surface area (Å²) in [5.41, 5.74) is -3.20. The molecule has 2 fully saturated rings. The predicted octanol–water partition coefficient (Wildman–Crippen LogP) is -1.37. The molecule has 6 atom stereocenters. The van der Waals surface area contributed by atoms with Crippen LogP contribution in [0.5, 0.6) is 0 Å². The van der Waals surface area contributed by atoms with Crippen molar-refractivity contribution >= 4 is 35.3 Å². The number of aliphatic hydroxyl groups excluding tert-OH is 4. The molecule has 4 N–H and O–H groups in total. The third-order valence-corrected chi connectivity index (χ3v) is 5.51. The first-order valence-electron chi connectivity index (χ1n) is 7.56. The molecule has 0 spiro atoms. The highest BCUT2D eigenvalue weighted by Gasteiger charge is 2.45. The third kappa shape index (κ3) is 9.37. The lowest BCUT2D eigenvalue weighted by atomic mass is 10.6. The summed E-state index contributed by atoms with van der Waals surface area (Å²) in [7, 11) is 6.90. The SMILES string of the molecule is CC(=O)N(C)C.CC(=O)N(C)C.O[C@@H]1O[C@@H]([C@H]2O[C@H](O)[C@@H](O)S2)S[C@H]1O. The van der Waals surface area contributed by atoms with E-state index in [9.17, 15) is 9.59 Å². The molecule has 2 saturated heterocycles. The predicted molar refractivity (Wildman–Crippen MR) is 97.7 cm³/mol. The Bertz CT molecular complexity index is 395. The number of hydrogen-bond acceptors (Lipinski definition) is 10. The molecule has 0 unspecified atom stereocenters. The van der Waals surface area contributed by atoms with E-state index < -0.39 is 34.3 Å². The van der Waals surface area contributed by atoms with E-state index in [1.54, 1.807) is 28.2 Å². The Morgan fingerprint density at radius 1 is 0.731 bits per heavy atom. The first kappa shape index (κ1) is 25.4. The Balaban J connectivity index is 0.000000437. The van der Waals surface area contributed by atoms with Gasteiger partial charge in [0.15, 0.2) is 23.5 Å². The number of aliphatic hydroxyl groups is 4. The molecule has 2 aliphatic rings. The van der Waals surface area contributed by atoms with Crippen LogP contribution in [0.15, 0.2) is 0 Å². The lowest BCUT2D eigenvalue weighted by Crippen LogP contribution is -2.24. The van der Waals surface area contributed by atoms with Gasteiger partial charge in [0.1, 0.15) is 10.9 Å². The van der Waals surface area contributed by atoms with Crippen LogP contribution in [-0.2, 0) is 19.1 Å². The molecular weight excluding hydrogens is 388 g/mol. The summed E-state index contributed by atoms with van der Waals surface area (Å²) in [6.45, 7) is 3.06. The van der Waals surface area contributed by atoms with Crippen LogP contribution < -0.4 is 0 Å². The summed E-state index contributed by atoms with van der Waals surface area (Å²) in [4.78, 5) is 23.2. The van der Waals surface area contributed by atoms with Gasteiger partial charge in [-0.1, -0.05) is 23.5 Å². The van der Waals surface area contributed by atoms with Gasteiger partial charge in [-0.3, -0.25) is 9.59 Å². The summed E-state index contributed by atoms with van der Waals surface area (Å²) in [5.74, 6) is 0.185. The summed E-state index contributed by atoms with van der Waals surface area (Å²) in [6, 6.07) is 0. The standard InChI is InChI=1S/C6H10O6S2.2C4H9NO/c7-1-3(9)13-5(11-1)6-12-2(8)4(10)14-6;2*1-4(6)5(2)3/h1-10H;2*1-3H3/t1-,2+,3-,4+,5-,6+;;. The number of ether oxygens (including phenoxy) is 2. The Hall–Kier alpha value is -0.600. The molecule has 0 aromatic rings. The second-order valence-corrected chi connectivity index (χ2v) is 8.11. The fourth-order valence-corrected chi connectivity index (χ4v) is 3.21. The average molecular weight is 417 g/mol. The number of hydrogen-bond donors (Lipinski definition) is 4. The lowest BCUT2D eigenvalue weighted by molar-refractivity contribution is -0.171. The van der Waals surface area contributed by atoms with E-state index >= 15 is 0 Å². The van der Waals surface area contributed by atoms with Crippen molar-refractivity contribution in [2.45, 2.75) is 48.2 Å². The maximum atomic E-state index is 10.1. The maximum absolute atomic E-state index is 10.1. The molecule has 154 valence electrons. The van der Waals surface area contributed by atoms with Gasteiger partial charge in [0.25, 0.3) is 0 Å². The van der Waals surface area contributed by atoms with Gasteiger partial charge < -0.3 is 39.7 Å². The van der Waals surface area contributed by atoms with Crippen molar-refractivity contribution in [3.05, 3.63) is 0 Å². The third-order valence-electron chi connectivity index (χ3n) is 3.06. The zero-order chi connectivity index (χ0) is 20.6. The maximum Gasteiger partial charge on any atom is 0.218 e. The van der Waals surface area contributed by atoms with E-state index in [1.807, 2.05) is 0 Å². The van der Waals surface area contributed by atoms with Gasteiger partial charge in [-0.25, -0.2) is 0 Å². The van der Waals surface area contributed by atoms with Crippen LogP contribution in [-0.4, -0.2) is 105 Å². The van der Waals surface area contributed by atoms with E-state index in [2.05, 4.69) is 0 Å². The smallest absolute Gasteiger partial charge is 0.218 e. The number of amides is 2. The topological polar surface area (TPSA) is 140 Å². The zero-order valence-electron chi connectivity index (χ0n) is 15.6. The monoisotopic (exact) mass is 416 g/mol. The molecule has 0 saturated carbocycles. The molecule has 0 aliphatic carbocycles. The van der Waals surface area contributed by atoms with E-state index in [4.69, 9.17) is 29.9 Å². The van der Waals surface area contributed by atoms with Crippen LogP contribution in [0.25, 0.3) is 0 Å². The molecule has 2 aliphatic heterocycles. The fourth-order valence-electron chi connectivity index (χ4n) is 1.14. The molecule has 2 amide bonds. The Kier molecular flexibility index (Phi) is 11.7. The number of rotatable bonds is 1. The molecule has 0 aromatic heterocycles. The van der Waals surface area contributed by atoms with E-state index in [0.717, 1.165) is 23.5 Å². The molecule has 2 heterocycles. The highest BCUT2D eigenvalue weighted by molar-refractivity contribution is 8.04. The van der Waals surface area contributed by atoms with Crippen molar-refractivity contribution in [3.8, 4) is 0 Å². The quantitative estimate of drug-likeness (QED) is 0.405. The molecule has 10 nitrogen and oxygen atoms in total. The highest BCUT2D eigenvalue weighted by Crippen LogP contribution is 2.42. The average Bonchev–Trinajstić information content (AvgIpc) is 3.03. The first-order valence-corrected chi connectivity index (χ1v) is 9.45. The minimum absolute atomic E-state index is 0.0926. The normalized spacial score (nSPS) is 32.7. The van der Waals surface area contributed by atoms with Crippen LogP contribution in [0.3, 0.4) is 0 Å². The van der Waals surface area contributed by atoms with Crippen molar-refractivity contribution in [3.63, 3.8) is 0 Å². The summed E-state index contributed by atoms with van der Waals surface area (Å²) in [6.07, 6.45) is -2.49. The van der Waals surface area contributed by atoms with Gasteiger partial charge in [0, 0.05) is 42.0 Å². The number of carbonyl (C=O) groups is 2. The minimum atomic E-state index is -1.25. The van der Waals surface area contributed by atoms with E-state index in [0.29, 0.717) is 0 Å². The van der Waals surface area contributed by atoms with E-state index in [1.165, 1.54) is 23.6 Å². The van der Waals surface area contributed by atoms with Crippen molar-refractivity contribution in [1.82, 2.24) is 9.80 Å². The summed E-state index contributed by atoms with van der Waals surface area (Å²) in [5, 5.41) is 36.5. The van der Waals surface area contributed by atoms with Crippen molar-refractivity contribution in [1.29, 1.82) is 0 Å². The van der Waals surface area contributed by atoms with Gasteiger partial charge >= 0.3 is 0 Å². The zero-order valence-corrected chi connectivity index (χ0v) is 17.2. The van der Waals surface area contributed by atoms with Crippen LogP contribution in [0, 0.1) is 0 Å². The largest absolute Gasteiger partial charge is 0.377 e. The number of nitrogens with zero attached hydrogens (tertiary/aromatic N) is 2. The van der Waals surface area contributed by atoms with Gasteiger partial charge in [-0.05, 0) is 0 Å². The van der Waals surface area contributed by atoms with Gasteiger partial charge in [0.05, 0.1) is 0 Å². The summed E-state index contributed by atoms with van der Waals surface area (Å²) < 4.78 is 9.91. The summed E-state index contributed by atoms with van der Waals surface area (Å²) >= 11 is 1.98. The van der Waals surface area contributed by atoms with Crippen molar-refractivity contribution in [2.24, 2.45) is 0 Å². The van der Waals surface area contributed by atoms with Crippen LogP contribution in [0.4, 0.5) is 0 Å².